The van der Waals surface area contributed by atoms with Crippen LogP contribution in [0.1, 0.15) is 12.5 Å². The zero-order valence-corrected chi connectivity index (χ0v) is 17.3. The Bertz CT molecular complexity index is 1050. The van der Waals surface area contributed by atoms with Crippen LogP contribution in [0.4, 0.5) is 5.69 Å². The molecule has 2 aromatic rings. The van der Waals surface area contributed by atoms with Crippen molar-refractivity contribution in [2.75, 3.05) is 19.1 Å². The number of hydrogen-bond donors (Lipinski definition) is 1. The van der Waals surface area contributed by atoms with Gasteiger partial charge in [0.25, 0.3) is 5.91 Å². The number of allylic oxidation sites excluding steroid dienone is 1. The molecule has 0 saturated heterocycles. The smallest absolute Gasteiger partial charge is 0.340 e. The summed E-state index contributed by atoms with van der Waals surface area (Å²) in [6.07, 6.45) is 1.42. The fraction of sp³-hybridized carbons (Fsp3) is 0.143. The molecule has 1 aliphatic heterocycles. The zero-order valence-electron chi connectivity index (χ0n) is 15.8. The molecule has 0 radical (unpaired) electrons. The molecular formula is C21H17Cl2NO5. The monoisotopic (exact) mass is 433 g/mol. The fourth-order valence-corrected chi connectivity index (χ4v) is 3.65. The van der Waals surface area contributed by atoms with E-state index in [0.717, 1.165) is 0 Å². The number of benzene rings is 2. The molecule has 0 aromatic heterocycles. The minimum atomic E-state index is -0.680. The highest BCUT2D eigenvalue weighted by Gasteiger charge is 2.38. The van der Waals surface area contributed by atoms with Crippen molar-refractivity contribution in [3.63, 3.8) is 0 Å². The van der Waals surface area contributed by atoms with E-state index in [-0.39, 0.29) is 22.6 Å². The number of aromatic hydroxyl groups is 1. The van der Waals surface area contributed by atoms with Gasteiger partial charge in [-0.25, -0.2) is 4.79 Å². The van der Waals surface area contributed by atoms with Crippen LogP contribution in [-0.2, 0) is 14.3 Å². The van der Waals surface area contributed by atoms with Gasteiger partial charge in [0.2, 0.25) is 0 Å². The number of ether oxygens (including phenoxy) is 2. The predicted molar refractivity (Wildman–Crippen MR) is 111 cm³/mol. The second kappa shape index (κ2) is 8.19. The van der Waals surface area contributed by atoms with E-state index in [0.29, 0.717) is 27.0 Å². The van der Waals surface area contributed by atoms with E-state index in [1.54, 1.807) is 43.3 Å². The van der Waals surface area contributed by atoms with E-state index < -0.39 is 11.9 Å². The minimum absolute atomic E-state index is 0.0639. The lowest BCUT2D eigenvalue weighted by Crippen LogP contribution is -2.24. The maximum absolute atomic E-state index is 13.2. The average molecular weight is 434 g/mol. The van der Waals surface area contributed by atoms with E-state index in [1.165, 1.54) is 25.2 Å². The molecule has 1 heterocycles. The summed E-state index contributed by atoms with van der Waals surface area (Å²) >= 11 is 12.2. The van der Waals surface area contributed by atoms with Gasteiger partial charge in [0, 0.05) is 21.3 Å². The molecule has 1 aliphatic rings. The summed E-state index contributed by atoms with van der Waals surface area (Å²) in [5.74, 6) is -1.08. The topological polar surface area (TPSA) is 76.1 Å². The SMILES string of the molecule is COC(=O)C1=C(C)N(c2cc(Cl)cc(Cl)c2)C(=O)/C1=C\c1cccc(OC)c1O. The van der Waals surface area contributed by atoms with Crippen molar-refractivity contribution >= 4 is 46.8 Å². The van der Waals surface area contributed by atoms with Gasteiger partial charge < -0.3 is 14.6 Å². The highest BCUT2D eigenvalue weighted by atomic mass is 35.5. The Labute approximate surface area is 177 Å². The number of methoxy groups -OCH3 is 2. The molecule has 0 spiro atoms. The van der Waals surface area contributed by atoms with Gasteiger partial charge in [-0.05, 0) is 37.3 Å². The first-order valence-electron chi connectivity index (χ1n) is 8.46. The lowest BCUT2D eigenvalue weighted by atomic mass is 10.0. The maximum atomic E-state index is 13.2. The third-order valence-electron chi connectivity index (χ3n) is 4.45. The van der Waals surface area contributed by atoms with Gasteiger partial charge in [0.15, 0.2) is 11.5 Å². The predicted octanol–water partition coefficient (Wildman–Crippen LogP) is 4.58. The molecule has 0 atom stereocenters. The number of phenolic OH excluding ortho intramolecular Hbond substituents is 1. The van der Waals surface area contributed by atoms with E-state index in [4.69, 9.17) is 32.7 Å². The highest BCUT2D eigenvalue weighted by molar-refractivity contribution is 6.35. The van der Waals surface area contributed by atoms with Gasteiger partial charge in [-0.1, -0.05) is 35.3 Å². The Kier molecular flexibility index (Phi) is 5.86. The highest BCUT2D eigenvalue weighted by Crippen LogP contribution is 2.39. The van der Waals surface area contributed by atoms with Crippen molar-refractivity contribution < 1.29 is 24.2 Å². The fourth-order valence-electron chi connectivity index (χ4n) is 3.14. The molecule has 1 amide bonds. The molecule has 150 valence electrons. The molecule has 1 N–H and O–H groups in total. The number of rotatable bonds is 4. The molecule has 0 bridgehead atoms. The van der Waals surface area contributed by atoms with Crippen molar-refractivity contribution in [2.45, 2.75) is 6.92 Å². The molecule has 3 rings (SSSR count). The van der Waals surface area contributed by atoms with Crippen molar-refractivity contribution in [3.05, 3.63) is 68.9 Å². The Morgan fingerprint density at radius 2 is 1.79 bits per heavy atom. The molecule has 0 aliphatic carbocycles. The van der Waals surface area contributed by atoms with Gasteiger partial charge in [-0.2, -0.15) is 0 Å². The number of nitrogens with zero attached hydrogens (tertiary/aromatic N) is 1. The van der Waals surface area contributed by atoms with E-state index in [9.17, 15) is 14.7 Å². The molecular weight excluding hydrogens is 417 g/mol. The summed E-state index contributed by atoms with van der Waals surface area (Å²) < 4.78 is 9.97. The third kappa shape index (κ3) is 3.81. The van der Waals surface area contributed by atoms with Crippen LogP contribution in [0.5, 0.6) is 11.5 Å². The van der Waals surface area contributed by atoms with Crippen LogP contribution in [0.2, 0.25) is 10.0 Å². The Balaban J connectivity index is 2.20. The quantitative estimate of drug-likeness (QED) is 0.563. The summed E-state index contributed by atoms with van der Waals surface area (Å²) in [6, 6.07) is 9.51. The van der Waals surface area contributed by atoms with Gasteiger partial charge in [0.1, 0.15) is 0 Å². The van der Waals surface area contributed by atoms with Crippen LogP contribution in [0, 0.1) is 0 Å². The number of esters is 1. The first-order chi connectivity index (χ1) is 13.8. The first kappa shape index (κ1) is 20.8. The van der Waals surface area contributed by atoms with Gasteiger partial charge >= 0.3 is 5.97 Å². The number of para-hydroxylation sites is 1. The van der Waals surface area contributed by atoms with Crippen LogP contribution in [0.15, 0.2) is 53.2 Å². The largest absolute Gasteiger partial charge is 0.504 e. The van der Waals surface area contributed by atoms with Crippen molar-refractivity contribution in [3.8, 4) is 11.5 Å². The van der Waals surface area contributed by atoms with Crippen molar-refractivity contribution in [2.24, 2.45) is 0 Å². The van der Waals surface area contributed by atoms with Crippen LogP contribution in [-0.4, -0.2) is 31.2 Å². The number of carbonyl (C=O) groups excluding carboxylic acids is 2. The van der Waals surface area contributed by atoms with E-state index in [1.807, 2.05) is 0 Å². The summed E-state index contributed by atoms with van der Waals surface area (Å²) in [5, 5.41) is 11.1. The summed E-state index contributed by atoms with van der Waals surface area (Å²) in [4.78, 5) is 27.0. The Morgan fingerprint density at radius 3 is 2.38 bits per heavy atom. The summed E-state index contributed by atoms with van der Waals surface area (Å²) in [6.45, 7) is 1.62. The standard InChI is InChI=1S/C21H17Cl2NO5/c1-11-18(21(27)29-3)16(7-12-5-4-6-17(28-2)19(12)25)20(26)24(11)15-9-13(22)8-14(23)10-15/h4-10,25H,1-3H3/b16-7-. The van der Waals surface area contributed by atoms with Crippen LogP contribution >= 0.6 is 23.2 Å². The number of amides is 1. The molecule has 0 saturated carbocycles. The van der Waals surface area contributed by atoms with Gasteiger partial charge in [-0.15, -0.1) is 0 Å². The number of anilines is 1. The Hall–Kier alpha value is -2.96. The molecule has 29 heavy (non-hydrogen) atoms. The molecule has 8 heteroatoms. The van der Waals surface area contributed by atoms with Gasteiger partial charge in [-0.3, -0.25) is 9.69 Å². The number of carbonyl (C=O) groups is 2. The lowest BCUT2D eigenvalue weighted by Gasteiger charge is -2.18. The van der Waals surface area contributed by atoms with Crippen LogP contribution in [0.25, 0.3) is 6.08 Å². The average Bonchev–Trinajstić information content (AvgIpc) is 2.92. The van der Waals surface area contributed by atoms with E-state index in [2.05, 4.69) is 0 Å². The van der Waals surface area contributed by atoms with Crippen molar-refractivity contribution in [1.82, 2.24) is 0 Å². The number of phenols is 1. The second-order valence-electron chi connectivity index (χ2n) is 6.18. The maximum Gasteiger partial charge on any atom is 0.340 e. The Morgan fingerprint density at radius 1 is 1.14 bits per heavy atom. The summed E-state index contributed by atoms with van der Waals surface area (Å²) in [7, 11) is 2.65. The molecule has 6 nitrogen and oxygen atoms in total. The van der Waals surface area contributed by atoms with E-state index >= 15 is 0 Å². The normalized spacial score (nSPS) is 15.3. The zero-order chi connectivity index (χ0) is 21.3. The second-order valence-corrected chi connectivity index (χ2v) is 7.05. The third-order valence-corrected chi connectivity index (χ3v) is 4.88. The molecule has 2 aromatic carbocycles. The van der Waals surface area contributed by atoms with Crippen LogP contribution in [0.3, 0.4) is 0 Å². The first-order valence-corrected chi connectivity index (χ1v) is 9.21. The van der Waals surface area contributed by atoms with Gasteiger partial charge in [0.05, 0.1) is 31.1 Å². The molecule has 0 unspecified atom stereocenters. The lowest BCUT2D eigenvalue weighted by molar-refractivity contribution is -0.136. The minimum Gasteiger partial charge on any atom is -0.504 e. The van der Waals surface area contributed by atoms with Crippen LogP contribution < -0.4 is 9.64 Å². The molecule has 0 fully saturated rings. The number of halogens is 2. The summed E-state index contributed by atoms with van der Waals surface area (Å²) in [5.41, 5.74) is 1.22. The number of hydrogen-bond acceptors (Lipinski definition) is 5. The van der Waals surface area contributed by atoms with Crippen molar-refractivity contribution in [1.29, 1.82) is 0 Å².